The van der Waals surface area contributed by atoms with Crippen molar-refractivity contribution in [2.45, 2.75) is 19.4 Å². The van der Waals surface area contributed by atoms with Gasteiger partial charge >= 0.3 is 0 Å². The average molecular weight is 210 g/mol. The molecule has 0 saturated heterocycles. The number of carbonyl (C=O) groups is 1. The smallest absolute Gasteiger partial charge is 0.234 e. The highest BCUT2D eigenvalue weighted by Crippen LogP contribution is 2.22. The van der Waals surface area contributed by atoms with Crippen molar-refractivity contribution in [1.82, 2.24) is 5.32 Å². The molecule has 0 bridgehead atoms. The minimum atomic E-state index is -0.748. The number of halogens is 1. The van der Waals surface area contributed by atoms with Crippen LogP contribution >= 0.6 is 0 Å². The first-order valence-electron chi connectivity index (χ1n) is 4.73. The molecule has 1 aromatic rings. The van der Waals surface area contributed by atoms with E-state index in [0.29, 0.717) is 5.56 Å². The number of nitrogens with two attached hydrogens (primary N) is 1. The van der Waals surface area contributed by atoms with Crippen molar-refractivity contribution in [2.75, 3.05) is 6.54 Å². The molecule has 0 aliphatic carbocycles. The Bertz CT molecular complexity index is 363. The fraction of sp³-hybridized carbons (Fsp3) is 0.364. The van der Waals surface area contributed by atoms with Gasteiger partial charge in [0, 0.05) is 5.56 Å². The minimum Gasteiger partial charge on any atom is -0.346 e. The standard InChI is InChI=1S/C11H15FN2O/c1-11(2,14-10(15)7-13)8-5-3-4-6-9(8)12/h3-6H,7,13H2,1-2H3,(H,14,15). The Morgan fingerprint density at radius 3 is 2.60 bits per heavy atom. The summed E-state index contributed by atoms with van der Waals surface area (Å²) < 4.78 is 13.5. The quantitative estimate of drug-likeness (QED) is 0.786. The van der Waals surface area contributed by atoms with Crippen LogP contribution in [0.3, 0.4) is 0 Å². The zero-order valence-corrected chi connectivity index (χ0v) is 8.88. The lowest BCUT2D eigenvalue weighted by atomic mass is 9.93. The Kier molecular flexibility index (Phi) is 3.42. The molecule has 0 unspecified atom stereocenters. The molecule has 3 nitrogen and oxygen atoms in total. The van der Waals surface area contributed by atoms with Crippen molar-refractivity contribution in [3.8, 4) is 0 Å². The number of rotatable bonds is 3. The summed E-state index contributed by atoms with van der Waals surface area (Å²) in [6.45, 7) is 3.37. The molecule has 1 amide bonds. The average Bonchev–Trinajstić information content (AvgIpc) is 2.17. The second-order valence-corrected chi connectivity index (χ2v) is 3.86. The summed E-state index contributed by atoms with van der Waals surface area (Å²) in [4.78, 5) is 11.2. The van der Waals surface area contributed by atoms with Crippen molar-refractivity contribution in [1.29, 1.82) is 0 Å². The molecule has 0 aliphatic heterocycles. The number of benzene rings is 1. The molecule has 1 aromatic carbocycles. The molecule has 0 atom stereocenters. The fourth-order valence-corrected chi connectivity index (χ4v) is 1.43. The Morgan fingerprint density at radius 2 is 2.07 bits per heavy atom. The third kappa shape index (κ3) is 2.76. The van der Waals surface area contributed by atoms with Gasteiger partial charge in [-0.2, -0.15) is 0 Å². The van der Waals surface area contributed by atoms with E-state index in [1.54, 1.807) is 32.0 Å². The topological polar surface area (TPSA) is 55.1 Å². The Morgan fingerprint density at radius 1 is 1.47 bits per heavy atom. The van der Waals surface area contributed by atoms with Crippen LogP contribution < -0.4 is 11.1 Å². The number of hydrogen-bond donors (Lipinski definition) is 2. The Labute approximate surface area is 88.5 Å². The monoisotopic (exact) mass is 210 g/mol. The third-order valence-corrected chi connectivity index (χ3v) is 2.18. The summed E-state index contributed by atoms with van der Waals surface area (Å²) in [5, 5.41) is 2.66. The van der Waals surface area contributed by atoms with E-state index >= 15 is 0 Å². The molecular formula is C11H15FN2O. The van der Waals surface area contributed by atoms with Crippen LogP contribution in [-0.2, 0) is 10.3 Å². The number of carbonyl (C=O) groups excluding carboxylic acids is 1. The van der Waals surface area contributed by atoms with Crippen LogP contribution in [0, 0.1) is 5.82 Å². The first kappa shape index (κ1) is 11.7. The van der Waals surface area contributed by atoms with Crippen molar-refractivity contribution in [3.63, 3.8) is 0 Å². The lowest BCUT2D eigenvalue weighted by molar-refractivity contribution is -0.121. The van der Waals surface area contributed by atoms with Crippen LogP contribution in [0.25, 0.3) is 0 Å². The number of nitrogens with one attached hydrogen (secondary N) is 1. The molecular weight excluding hydrogens is 195 g/mol. The lowest BCUT2D eigenvalue weighted by Gasteiger charge is -2.27. The summed E-state index contributed by atoms with van der Waals surface area (Å²) in [5.74, 6) is -0.636. The highest BCUT2D eigenvalue weighted by Gasteiger charge is 2.24. The largest absolute Gasteiger partial charge is 0.346 e. The molecule has 82 valence electrons. The van der Waals surface area contributed by atoms with E-state index in [-0.39, 0.29) is 18.3 Å². The Hall–Kier alpha value is -1.42. The van der Waals surface area contributed by atoms with Gasteiger partial charge in [0.25, 0.3) is 0 Å². The molecule has 4 heteroatoms. The number of amides is 1. The first-order valence-corrected chi connectivity index (χ1v) is 4.73. The van der Waals surface area contributed by atoms with E-state index in [9.17, 15) is 9.18 Å². The van der Waals surface area contributed by atoms with Gasteiger partial charge in [-0.05, 0) is 19.9 Å². The van der Waals surface area contributed by atoms with Gasteiger partial charge in [0.1, 0.15) is 5.82 Å². The molecule has 15 heavy (non-hydrogen) atoms. The van der Waals surface area contributed by atoms with Gasteiger partial charge in [-0.15, -0.1) is 0 Å². The van der Waals surface area contributed by atoms with Gasteiger partial charge in [0.05, 0.1) is 12.1 Å². The SMILES string of the molecule is CC(C)(NC(=O)CN)c1ccccc1F. The zero-order valence-electron chi connectivity index (χ0n) is 8.88. The van der Waals surface area contributed by atoms with Crippen molar-refractivity contribution >= 4 is 5.91 Å². The van der Waals surface area contributed by atoms with E-state index in [0.717, 1.165) is 0 Å². The molecule has 0 saturated carbocycles. The van der Waals surface area contributed by atoms with Crippen LogP contribution in [0.4, 0.5) is 4.39 Å². The van der Waals surface area contributed by atoms with Gasteiger partial charge in [-0.3, -0.25) is 4.79 Å². The van der Waals surface area contributed by atoms with Gasteiger partial charge < -0.3 is 11.1 Å². The van der Waals surface area contributed by atoms with Crippen LogP contribution in [0.5, 0.6) is 0 Å². The Balaban J connectivity index is 2.95. The second-order valence-electron chi connectivity index (χ2n) is 3.86. The summed E-state index contributed by atoms with van der Waals surface area (Å²) in [7, 11) is 0. The van der Waals surface area contributed by atoms with Gasteiger partial charge in [-0.25, -0.2) is 4.39 Å². The van der Waals surface area contributed by atoms with Crippen molar-refractivity contribution < 1.29 is 9.18 Å². The van der Waals surface area contributed by atoms with E-state index in [1.165, 1.54) is 6.07 Å². The molecule has 0 heterocycles. The molecule has 0 aliphatic rings. The molecule has 0 fully saturated rings. The normalized spacial score (nSPS) is 11.2. The summed E-state index contributed by atoms with van der Waals surface area (Å²) in [6, 6.07) is 6.35. The molecule has 0 radical (unpaired) electrons. The summed E-state index contributed by atoms with van der Waals surface area (Å²) in [6.07, 6.45) is 0. The van der Waals surface area contributed by atoms with E-state index in [1.807, 2.05) is 0 Å². The summed E-state index contributed by atoms with van der Waals surface area (Å²) in [5.41, 5.74) is 4.89. The van der Waals surface area contributed by atoms with E-state index in [2.05, 4.69) is 5.32 Å². The lowest BCUT2D eigenvalue weighted by Crippen LogP contribution is -2.44. The van der Waals surface area contributed by atoms with Crippen molar-refractivity contribution in [2.24, 2.45) is 5.73 Å². The van der Waals surface area contributed by atoms with Crippen LogP contribution in [0.1, 0.15) is 19.4 Å². The number of hydrogen-bond acceptors (Lipinski definition) is 2. The van der Waals surface area contributed by atoms with E-state index < -0.39 is 5.54 Å². The van der Waals surface area contributed by atoms with Crippen LogP contribution in [0.15, 0.2) is 24.3 Å². The maximum Gasteiger partial charge on any atom is 0.234 e. The highest BCUT2D eigenvalue weighted by atomic mass is 19.1. The molecule has 1 rings (SSSR count). The van der Waals surface area contributed by atoms with Crippen molar-refractivity contribution in [3.05, 3.63) is 35.6 Å². The van der Waals surface area contributed by atoms with E-state index in [4.69, 9.17) is 5.73 Å². The third-order valence-electron chi connectivity index (χ3n) is 2.18. The first-order chi connectivity index (χ1) is 6.97. The predicted molar refractivity (Wildman–Crippen MR) is 56.6 cm³/mol. The molecule has 0 aromatic heterocycles. The van der Waals surface area contributed by atoms with Gasteiger partial charge in [0.15, 0.2) is 0 Å². The van der Waals surface area contributed by atoms with Gasteiger partial charge in [0.2, 0.25) is 5.91 Å². The minimum absolute atomic E-state index is 0.0993. The maximum atomic E-state index is 13.5. The fourth-order valence-electron chi connectivity index (χ4n) is 1.43. The molecule has 0 spiro atoms. The van der Waals surface area contributed by atoms with Crippen LogP contribution in [-0.4, -0.2) is 12.5 Å². The second kappa shape index (κ2) is 4.40. The summed E-state index contributed by atoms with van der Waals surface area (Å²) >= 11 is 0. The maximum absolute atomic E-state index is 13.5. The van der Waals surface area contributed by atoms with Gasteiger partial charge in [-0.1, -0.05) is 18.2 Å². The predicted octanol–water partition coefficient (Wildman–Crippen LogP) is 1.14. The van der Waals surface area contributed by atoms with Crippen LogP contribution in [0.2, 0.25) is 0 Å². The highest BCUT2D eigenvalue weighted by molar-refractivity contribution is 5.78. The zero-order chi connectivity index (χ0) is 11.5. The molecule has 3 N–H and O–H groups in total.